The average molecular weight is 277 g/mol. The summed E-state index contributed by atoms with van der Waals surface area (Å²) >= 11 is 0. The van der Waals surface area contributed by atoms with Gasteiger partial charge in [-0.25, -0.2) is 9.59 Å². The first-order valence-electron chi connectivity index (χ1n) is 5.92. The number of amides is 2. The number of ether oxygens (including phenoxy) is 1. The van der Waals surface area contributed by atoms with E-state index in [2.05, 4.69) is 10.6 Å². The summed E-state index contributed by atoms with van der Waals surface area (Å²) in [6.45, 7) is 0.325. The average Bonchev–Trinajstić information content (AvgIpc) is 2.45. The lowest BCUT2D eigenvalue weighted by Crippen LogP contribution is -2.37. The van der Waals surface area contributed by atoms with Gasteiger partial charge in [0.05, 0.1) is 18.2 Å². The van der Waals surface area contributed by atoms with Crippen LogP contribution >= 0.6 is 0 Å². The van der Waals surface area contributed by atoms with Gasteiger partial charge in [-0.05, 0) is 17.7 Å². The summed E-state index contributed by atoms with van der Waals surface area (Å²) in [7, 11) is 0. The van der Waals surface area contributed by atoms with Crippen molar-refractivity contribution in [2.45, 2.75) is 6.54 Å². The molecule has 0 atom stereocenters. The van der Waals surface area contributed by atoms with Crippen LogP contribution in [0.4, 0.5) is 4.79 Å². The van der Waals surface area contributed by atoms with Crippen molar-refractivity contribution < 1.29 is 19.4 Å². The predicted octanol–water partition coefficient (Wildman–Crippen LogP) is 0.459. The first kappa shape index (κ1) is 15.5. The highest BCUT2D eigenvalue weighted by Crippen LogP contribution is 2.02. The predicted molar refractivity (Wildman–Crippen MR) is 69.9 cm³/mol. The number of carboxylic acid groups (broad SMARTS) is 1. The maximum Gasteiger partial charge on any atom is 0.329 e. The second-order valence-electron chi connectivity index (χ2n) is 3.86. The van der Waals surface area contributed by atoms with Crippen molar-refractivity contribution in [3.8, 4) is 6.07 Å². The van der Waals surface area contributed by atoms with E-state index in [1.165, 1.54) is 0 Å². The molecule has 20 heavy (non-hydrogen) atoms. The number of carboxylic acids is 1. The molecule has 2 amide bonds. The fourth-order valence-electron chi connectivity index (χ4n) is 1.34. The Morgan fingerprint density at radius 1 is 1.25 bits per heavy atom. The van der Waals surface area contributed by atoms with E-state index in [0.29, 0.717) is 12.1 Å². The molecule has 0 aliphatic carbocycles. The quantitative estimate of drug-likeness (QED) is 0.627. The van der Waals surface area contributed by atoms with Crippen LogP contribution in [0.15, 0.2) is 24.3 Å². The molecule has 0 spiro atoms. The van der Waals surface area contributed by atoms with Crippen molar-refractivity contribution >= 4 is 12.0 Å². The highest BCUT2D eigenvalue weighted by atomic mass is 16.5. The lowest BCUT2D eigenvalue weighted by molar-refractivity contribution is -0.142. The van der Waals surface area contributed by atoms with Gasteiger partial charge in [0.15, 0.2) is 0 Å². The molecule has 1 aromatic carbocycles. The van der Waals surface area contributed by atoms with Crippen molar-refractivity contribution in [1.29, 1.82) is 5.26 Å². The molecule has 0 aromatic heterocycles. The van der Waals surface area contributed by atoms with Crippen molar-refractivity contribution in [3.05, 3.63) is 35.4 Å². The van der Waals surface area contributed by atoms with Crippen LogP contribution < -0.4 is 10.6 Å². The van der Waals surface area contributed by atoms with Gasteiger partial charge in [0.2, 0.25) is 0 Å². The SMILES string of the molecule is N#Cc1ccc(CNC(=O)NCCOCC(=O)O)cc1. The van der Waals surface area contributed by atoms with Gasteiger partial charge in [-0.2, -0.15) is 5.26 Å². The molecular formula is C13H15N3O4. The van der Waals surface area contributed by atoms with Crippen molar-refractivity contribution in [2.75, 3.05) is 19.8 Å². The number of carbonyl (C=O) groups is 2. The molecular weight excluding hydrogens is 262 g/mol. The second kappa shape index (κ2) is 8.50. The van der Waals surface area contributed by atoms with E-state index in [1.54, 1.807) is 24.3 Å². The minimum absolute atomic E-state index is 0.136. The second-order valence-corrected chi connectivity index (χ2v) is 3.86. The fourth-order valence-corrected chi connectivity index (χ4v) is 1.34. The van der Waals surface area contributed by atoms with E-state index >= 15 is 0 Å². The molecule has 0 heterocycles. The lowest BCUT2D eigenvalue weighted by Gasteiger charge is -2.07. The van der Waals surface area contributed by atoms with Crippen molar-refractivity contribution in [1.82, 2.24) is 10.6 Å². The molecule has 0 radical (unpaired) electrons. The summed E-state index contributed by atoms with van der Waals surface area (Å²) in [6, 6.07) is 8.51. The van der Waals surface area contributed by atoms with Crippen LogP contribution in [-0.2, 0) is 16.1 Å². The van der Waals surface area contributed by atoms with Crippen LogP contribution in [0.2, 0.25) is 0 Å². The molecule has 7 nitrogen and oxygen atoms in total. The van der Waals surface area contributed by atoms with E-state index in [4.69, 9.17) is 15.1 Å². The molecule has 0 aliphatic rings. The largest absolute Gasteiger partial charge is 0.480 e. The van der Waals surface area contributed by atoms with Crippen LogP contribution in [0.5, 0.6) is 0 Å². The summed E-state index contributed by atoms with van der Waals surface area (Å²) in [5.74, 6) is -1.05. The molecule has 3 N–H and O–H groups in total. The number of hydrogen-bond acceptors (Lipinski definition) is 4. The summed E-state index contributed by atoms with van der Waals surface area (Å²) in [5, 5.41) is 22.1. The zero-order valence-corrected chi connectivity index (χ0v) is 10.8. The third-order valence-electron chi connectivity index (χ3n) is 2.29. The Bertz CT molecular complexity index is 493. The summed E-state index contributed by atoms with van der Waals surface area (Å²) in [5.41, 5.74) is 1.44. The number of hydrogen-bond donors (Lipinski definition) is 3. The van der Waals surface area contributed by atoms with Crippen LogP contribution in [-0.4, -0.2) is 36.9 Å². The lowest BCUT2D eigenvalue weighted by atomic mass is 10.1. The first-order chi connectivity index (χ1) is 9.61. The molecule has 0 saturated heterocycles. The standard InChI is InChI=1S/C13H15N3O4/c14-7-10-1-3-11(4-2-10)8-16-13(19)15-5-6-20-9-12(17)18/h1-4H,5-6,8-9H2,(H,17,18)(H2,15,16,19). The van der Waals surface area contributed by atoms with Gasteiger partial charge in [0, 0.05) is 13.1 Å². The number of nitrogens with zero attached hydrogens (tertiary/aromatic N) is 1. The van der Waals surface area contributed by atoms with Crippen LogP contribution in [0.25, 0.3) is 0 Å². The topological polar surface area (TPSA) is 111 Å². The molecule has 0 aliphatic heterocycles. The van der Waals surface area contributed by atoms with E-state index in [-0.39, 0.29) is 25.8 Å². The van der Waals surface area contributed by atoms with Gasteiger partial charge in [0.25, 0.3) is 0 Å². The fraction of sp³-hybridized carbons (Fsp3) is 0.308. The van der Waals surface area contributed by atoms with E-state index in [1.807, 2.05) is 6.07 Å². The highest BCUT2D eigenvalue weighted by Gasteiger charge is 2.01. The van der Waals surface area contributed by atoms with Crippen molar-refractivity contribution in [3.63, 3.8) is 0 Å². The molecule has 7 heteroatoms. The Labute approximate surface area is 116 Å². The maximum atomic E-state index is 11.4. The Hall–Kier alpha value is -2.59. The number of urea groups is 1. The van der Waals surface area contributed by atoms with E-state index < -0.39 is 5.97 Å². The molecule has 0 saturated carbocycles. The Kier molecular flexibility index (Phi) is 6.57. The highest BCUT2D eigenvalue weighted by molar-refractivity contribution is 5.73. The number of nitriles is 1. The van der Waals surface area contributed by atoms with Crippen LogP contribution in [0.3, 0.4) is 0 Å². The summed E-state index contributed by atoms with van der Waals surface area (Å²) < 4.78 is 4.76. The number of nitrogens with one attached hydrogen (secondary N) is 2. The summed E-state index contributed by atoms with van der Waals surface area (Å²) in [6.07, 6.45) is 0. The Morgan fingerprint density at radius 2 is 1.95 bits per heavy atom. The molecule has 0 fully saturated rings. The third kappa shape index (κ3) is 6.37. The van der Waals surface area contributed by atoms with Crippen LogP contribution in [0.1, 0.15) is 11.1 Å². The van der Waals surface area contributed by atoms with E-state index in [0.717, 1.165) is 5.56 Å². The van der Waals surface area contributed by atoms with Crippen molar-refractivity contribution in [2.24, 2.45) is 0 Å². The Morgan fingerprint density at radius 3 is 2.55 bits per heavy atom. The molecule has 106 valence electrons. The number of benzene rings is 1. The monoisotopic (exact) mass is 277 g/mol. The third-order valence-corrected chi connectivity index (χ3v) is 2.29. The van der Waals surface area contributed by atoms with Crippen LogP contribution in [0, 0.1) is 11.3 Å². The normalized spacial score (nSPS) is 9.55. The van der Waals surface area contributed by atoms with E-state index in [9.17, 15) is 9.59 Å². The Balaban J connectivity index is 2.16. The zero-order chi connectivity index (χ0) is 14.8. The van der Waals surface area contributed by atoms with Gasteiger partial charge in [-0.3, -0.25) is 0 Å². The number of carbonyl (C=O) groups excluding carboxylic acids is 1. The van der Waals surface area contributed by atoms with Gasteiger partial charge >= 0.3 is 12.0 Å². The number of aliphatic carboxylic acids is 1. The van der Waals surface area contributed by atoms with Gasteiger partial charge in [-0.15, -0.1) is 0 Å². The molecule has 0 unspecified atom stereocenters. The smallest absolute Gasteiger partial charge is 0.329 e. The molecule has 1 rings (SSSR count). The minimum atomic E-state index is -1.05. The summed E-state index contributed by atoms with van der Waals surface area (Å²) in [4.78, 5) is 21.5. The maximum absolute atomic E-state index is 11.4. The zero-order valence-electron chi connectivity index (χ0n) is 10.8. The molecule has 0 bridgehead atoms. The number of rotatable bonds is 7. The van der Waals surface area contributed by atoms with Gasteiger partial charge in [-0.1, -0.05) is 12.1 Å². The molecule has 1 aromatic rings. The minimum Gasteiger partial charge on any atom is -0.480 e. The first-order valence-corrected chi connectivity index (χ1v) is 5.92. The van der Waals surface area contributed by atoms with Gasteiger partial charge in [0.1, 0.15) is 6.61 Å². The van der Waals surface area contributed by atoms with Gasteiger partial charge < -0.3 is 20.5 Å².